The first-order chi connectivity index (χ1) is 12.4. The van der Waals surface area contributed by atoms with Gasteiger partial charge in [0.2, 0.25) is 0 Å². The third-order valence-electron chi connectivity index (χ3n) is 4.74. The zero-order valence-electron chi connectivity index (χ0n) is 14.9. The first-order valence-electron chi connectivity index (χ1n) is 8.54. The summed E-state index contributed by atoms with van der Waals surface area (Å²) in [4.78, 5) is 25.7. The summed E-state index contributed by atoms with van der Waals surface area (Å²) in [6, 6.07) is 8.88. The Kier molecular flexibility index (Phi) is 3.79. The van der Waals surface area contributed by atoms with Crippen LogP contribution in [-0.2, 0) is 0 Å². The van der Waals surface area contributed by atoms with Crippen LogP contribution >= 0.6 is 0 Å². The molecule has 7 nitrogen and oxygen atoms in total. The normalized spacial score (nSPS) is 14.5. The summed E-state index contributed by atoms with van der Waals surface area (Å²) in [5, 5.41) is 8.20. The summed E-state index contributed by atoms with van der Waals surface area (Å²) in [6.45, 7) is 7.09. The van der Waals surface area contributed by atoms with Crippen molar-refractivity contribution in [2.45, 2.75) is 26.8 Å². The molecule has 7 heteroatoms. The number of rotatable bonds is 2. The van der Waals surface area contributed by atoms with Crippen molar-refractivity contribution >= 4 is 22.7 Å². The second-order valence-electron chi connectivity index (χ2n) is 6.82. The van der Waals surface area contributed by atoms with Gasteiger partial charge in [0.15, 0.2) is 0 Å². The van der Waals surface area contributed by atoms with Crippen LogP contribution in [0.3, 0.4) is 0 Å². The Morgan fingerprint density at radius 1 is 1.19 bits per heavy atom. The fourth-order valence-corrected chi connectivity index (χ4v) is 3.40. The van der Waals surface area contributed by atoms with E-state index < -0.39 is 5.63 Å². The highest BCUT2D eigenvalue weighted by Crippen LogP contribution is 2.25. The molecule has 2 amide bonds. The largest absolute Gasteiger partial charge is 0.423 e. The minimum atomic E-state index is -0.394. The van der Waals surface area contributed by atoms with Crippen molar-refractivity contribution in [3.05, 3.63) is 57.7 Å². The second-order valence-corrected chi connectivity index (χ2v) is 6.82. The van der Waals surface area contributed by atoms with Crippen LogP contribution in [0.15, 0.2) is 39.5 Å². The number of aryl methyl sites for hydroxylation is 3. The van der Waals surface area contributed by atoms with Gasteiger partial charge >= 0.3 is 11.7 Å². The highest BCUT2D eigenvalue weighted by Gasteiger charge is 2.33. The van der Waals surface area contributed by atoms with Crippen LogP contribution in [-0.4, -0.2) is 33.8 Å². The zero-order valence-corrected chi connectivity index (χ0v) is 14.9. The van der Waals surface area contributed by atoms with E-state index in [0.717, 1.165) is 22.3 Å². The Bertz CT molecular complexity index is 1060. The predicted octanol–water partition coefficient (Wildman–Crippen LogP) is 3.00. The van der Waals surface area contributed by atoms with Crippen molar-refractivity contribution in [1.29, 1.82) is 0 Å². The number of hydrogen-bond donors (Lipinski definition) is 1. The smallest absolute Gasteiger partial charge is 0.336 e. The van der Waals surface area contributed by atoms with Gasteiger partial charge in [0.05, 0.1) is 11.7 Å². The van der Waals surface area contributed by atoms with Gasteiger partial charge in [0.1, 0.15) is 5.58 Å². The summed E-state index contributed by atoms with van der Waals surface area (Å²) in [7, 11) is 0. The number of carbonyl (C=O) groups is 1. The predicted molar refractivity (Wildman–Crippen MR) is 98.6 cm³/mol. The SMILES string of the molecule is Cc1cc(C)n(C2CN(C(=O)Nc3ccc4c(C)cc(=O)oc4c3)C2)n1. The highest BCUT2D eigenvalue weighted by molar-refractivity contribution is 5.93. The second kappa shape index (κ2) is 6.01. The minimum absolute atomic E-state index is 0.169. The van der Waals surface area contributed by atoms with Crippen LogP contribution in [0, 0.1) is 20.8 Å². The van der Waals surface area contributed by atoms with E-state index in [4.69, 9.17) is 4.42 Å². The molecule has 1 fully saturated rings. The molecule has 1 saturated heterocycles. The van der Waals surface area contributed by atoms with E-state index in [-0.39, 0.29) is 12.1 Å². The average Bonchev–Trinajstić information content (AvgIpc) is 2.83. The van der Waals surface area contributed by atoms with Crippen molar-refractivity contribution in [3.63, 3.8) is 0 Å². The Hall–Kier alpha value is -3.09. The summed E-state index contributed by atoms with van der Waals surface area (Å²) < 4.78 is 7.20. The van der Waals surface area contributed by atoms with Gasteiger partial charge in [-0.05, 0) is 44.5 Å². The van der Waals surface area contributed by atoms with Gasteiger partial charge in [-0.25, -0.2) is 9.59 Å². The van der Waals surface area contributed by atoms with Crippen LogP contribution in [0.5, 0.6) is 0 Å². The van der Waals surface area contributed by atoms with E-state index in [1.165, 1.54) is 6.07 Å². The molecule has 0 radical (unpaired) electrons. The number of likely N-dealkylation sites (tertiary alicyclic amines) is 1. The van der Waals surface area contributed by atoms with Crippen LogP contribution in [0.4, 0.5) is 10.5 Å². The summed E-state index contributed by atoms with van der Waals surface area (Å²) in [5.74, 6) is 0. The van der Waals surface area contributed by atoms with Crippen LogP contribution in [0.25, 0.3) is 11.0 Å². The molecule has 3 heterocycles. The molecule has 0 bridgehead atoms. The van der Waals surface area contributed by atoms with Gasteiger partial charge in [-0.15, -0.1) is 0 Å². The number of aromatic nitrogens is 2. The summed E-state index contributed by atoms with van der Waals surface area (Å²) in [6.07, 6.45) is 0. The monoisotopic (exact) mass is 352 g/mol. The Balaban J connectivity index is 1.45. The minimum Gasteiger partial charge on any atom is -0.423 e. The molecule has 1 aliphatic rings. The topological polar surface area (TPSA) is 80.4 Å². The van der Waals surface area contributed by atoms with Crippen molar-refractivity contribution in [2.75, 3.05) is 18.4 Å². The maximum atomic E-state index is 12.4. The summed E-state index contributed by atoms with van der Waals surface area (Å²) >= 11 is 0. The number of benzene rings is 1. The summed E-state index contributed by atoms with van der Waals surface area (Å²) in [5.41, 5.74) is 3.62. The van der Waals surface area contributed by atoms with Crippen LogP contribution < -0.4 is 10.9 Å². The lowest BCUT2D eigenvalue weighted by molar-refractivity contribution is 0.127. The third-order valence-corrected chi connectivity index (χ3v) is 4.74. The molecule has 0 atom stereocenters. The molecule has 0 spiro atoms. The van der Waals surface area contributed by atoms with Crippen molar-refractivity contribution < 1.29 is 9.21 Å². The highest BCUT2D eigenvalue weighted by atomic mass is 16.4. The molecule has 1 N–H and O–H groups in total. The van der Waals surface area contributed by atoms with Crippen molar-refractivity contribution in [3.8, 4) is 0 Å². The van der Waals surface area contributed by atoms with Gasteiger partial charge in [-0.2, -0.15) is 5.10 Å². The first-order valence-corrected chi connectivity index (χ1v) is 8.54. The number of anilines is 1. The molecule has 4 rings (SSSR count). The average molecular weight is 352 g/mol. The lowest BCUT2D eigenvalue weighted by Crippen LogP contribution is -2.52. The van der Waals surface area contributed by atoms with E-state index in [2.05, 4.69) is 10.4 Å². The number of nitrogens with zero attached hydrogens (tertiary/aromatic N) is 3. The number of nitrogens with one attached hydrogen (secondary N) is 1. The van der Waals surface area contributed by atoms with E-state index in [0.29, 0.717) is 24.4 Å². The van der Waals surface area contributed by atoms with Gasteiger partial charge in [0.25, 0.3) is 0 Å². The maximum Gasteiger partial charge on any atom is 0.336 e. The number of urea groups is 1. The van der Waals surface area contributed by atoms with E-state index >= 15 is 0 Å². The van der Waals surface area contributed by atoms with Gasteiger partial charge in [-0.1, -0.05) is 0 Å². The van der Waals surface area contributed by atoms with Gasteiger partial charge in [0, 0.05) is 42.0 Å². The van der Waals surface area contributed by atoms with E-state index in [1.807, 2.05) is 43.7 Å². The molecule has 1 aromatic carbocycles. The molecule has 0 unspecified atom stereocenters. The molecule has 3 aromatic rings. The Morgan fingerprint density at radius 3 is 2.65 bits per heavy atom. The molecule has 0 aliphatic carbocycles. The van der Waals surface area contributed by atoms with E-state index in [9.17, 15) is 9.59 Å². The van der Waals surface area contributed by atoms with Crippen LogP contribution in [0.1, 0.15) is 23.0 Å². The third kappa shape index (κ3) is 2.85. The molecular formula is C19H20N4O3. The van der Waals surface area contributed by atoms with Crippen molar-refractivity contribution in [1.82, 2.24) is 14.7 Å². The van der Waals surface area contributed by atoms with Crippen molar-refractivity contribution in [2.24, 2.45) is 0 Å². The quantitative estimate of drug-likeness (QED) is 0.719. The first kappa shape index (κ1) is 16.4. The lowest BCUT2D eigenvalue weighted by Gasteiger charge is -2.39. The molecule has 26 heavy (non-hydrogen) atoms. The Morgan fingerprint density at radius 2 is 1.96 bits per heavy atom. The van der Waals surface area contributed by atoms with Crippen LogP contribution in [0.2, 0.25) is 0 Å². The van der Waals surface area contributed by atoms with Gasteiger partial charge in [-0.3, -0.25) is 4.68 Å². The molecule has 1 aliphatic heterocycles. The fraction of sp³-hybridized carbons (Fsp3) is 0.316. The zero-order chi connectivity index (χ0) is 18.4. The number of carbonyl (C=O) groups excluding carboxylic acids is 1. The fourth-order valence-electron chi connectivity index (χ4n) is 3.40. The number of hydrogen-bond acceptors (Lipinski definition) is 4. The maximum absolute atomic E-state index is 12.4. The van der Waals surface area contributed by atoms with E-state index in [1.54, 1.807) is 11.0 Å². The molecular weight excluding hydrogens is 332 g/mol. The molecule has 2 aromatic heterocycles. The molecule has 0 saturated carbocycles. The standard InChI is InChI=1S/C19H20N4O3/c1-11-6-18(24)26-17-8-14(4-5-16(11)17)20-19(25)22-9-15(10-22)23-13(3)7-12(2)21-23/h4-8,15H,9-10H2,1-3H3,(H,20,25). The Labute approximate surface area is 150 Å². The number of amides is 2. The lowest BCUT2D eigenvalue weighted by atomic mass is 10.1. The van der Waals surface area contributed by atoms with Gasteiger partial charge < -0.3 is 14.6 Å². The molecule has 134 valence electrons. The number of fused-ring (bicyclic) bond motifs is 1.